The Kier molecular flexibility index (Phi) is 8.31. The Bertz CT molecular complexity index is 1700. The zero-order valence-electron chi connectivity index (χ0n) is 23.6. The van der Waals surface area contributed by atoms with Crippen molar-refractivity contribution in [2.75, 3.05) is 29.8 Å². The molecule has 1 aliphatic rings. The summed E-state index contributed by atoms with van der Waals surface area (Å²) in [7, 11) is 3.03. The van der Waals surface area contributed by atoms with Crippen LogP contribution in [0.5, 0.6) is 11.5 Å². The van der Waals surface area contributed by atoms with Gasteiger partial charge < -0.3 is 20.1 Å². The molecule has 8 nitrogen and oxygen atoms in total. The maximum Gasteiger partial charge on any atom is 0.283 e. The molecule has 0 atom stereocenters. The fraction of sp³-hybridized carbons (Fsp3) is 0.121. The molecule has 9 heteroatoms. The van der Waals surface area contributed by atoms with Gasteiger partial charge in [0.2, 0.25) is 0 Å². The van der Waals surface area contributed by atoms with E-state index in [-0.39, 0.29) is 16.5 Å². The lowest BCUT2D eigenvalue weighted by atomic mass is 10.1. The van der Waals surface area contributed by atoms with Crippen LogP contribution in [-0.2, 0) is 9.59 Å². The second kappa shape index (κ2) is 12.2. The van der Waals surface area contributed by atoms with Gasteiger partial charge in [-0.2, -0.15) is 0 Å². The van der Waals surface area contributed by atoms with Crippen molar-refractivity contribution >= 4 is 46.5 Å². The fourth-order valence-corrected chi connectivity index (χ4v) is 5.32. The fourth-order valence-electron chi connectivity index (χ4n) is 4.39. The van der Waals surface area contributed by atoms with Gasteiger partial charge in [-0.05, 0) is 85.6 Å². The van der Waals surface area contributed by atoms with Crippen LogP contribution in [0.25, 0.3) is 0 Å². The van der Waals surface area contributed by atoms with Crippen LogP contribution in [0, 0.1) is 13.8 Å². The van der Waals surface area contributed by atoms with Crippen molar-refractivity contribution in [2.24, 2.45) is 0 Å². The molecule has 1 heterocycles. The van der Waals surface area contributed by atoms with E-state index >= 15 is 0 Å². The van der Waals surface area contributed by atoms with Gasteiger partial charge in [-0.3, -0.25) is 14.4 Å². The first-order valence-electron chi connectivity index (χ1n) is 13.1. The molecule has 0 saturated heterocycles. The van der Waals surface area contributed by atoms with Crippen LogP contribution in [0.2, 0.25) is 0 Å². The molecule has 1 aliphatic heterocycles. The van der Waals surface area contributed by atoms with E-state index in [1.807, 2.05) is 56.3 Å². The lowest BCUT2D eigenvalue weighted by molar-refractivity contribution is -0.120. The third kappa shape index (κ3) is 5.87. The molecule has 0 saturated carbocycles. The Balaban J connectivity index is 1.39. The van der Waals surface area contributed by atoms with Gasteiger partial charge in [0.1, 0.15) is 22.1 Å². The number of benzene rings is 4. The van der Waals surface area contributed by atoms with Crippen LogP contribution in [0.1, 0.15) is 21.5 Å². The molecule has 0 fully saturated rings. The van der Waals surface area contributed by atoms with Gasteiger partial charge in [0, 0.05) is 22.3 Å². The second-order valence-electron chi connectivity index (χ2n) is 9.56. The summed E-state index contributed by atoms with van der Waals surface area (Å²) in [5.41, 5.74) is 4.39. The number of nitrogens with one attached hydrogen (secondary N) is 2. The third-order valence-corrected chi connectivity index (χ3v) is 7.91. The van der Waals surface area contributed by atoms with Gasteiger partial charge in [0.25, 0.3) is 17.7 Å². The number of amides is 3. The summed E-state index contributed by atoms with van der Waals surface area (Å²) in [4.78, 5) is 42.5. The smallest absolute Gasteiger partial charge is 0.283 e. The highest BCUT2D eigenvalue weighted by molar-refractivity contribution is 8.04. The molecular weight excluding hydrogens is 550 g/mol. The van der Waals surface area contributed by atoms with E-state index in [0.717, 1.165) is 16.0 Å². The molecule has 0 aromatic heterocycles. The maximum atomic E-state index is 13.7. The van der Waals surface area contributed by atoms with E-state index in [2.05, 4.69) is 10.6 Å². The third-order valence-electron chi connectivity index (χ3n) is 6.82. The van der Waals surface area contributed by atoms with Gasteiger partial charge >= 0.3 is 0 Å². The monoisotopic (exact) mass is 579 g/mol. The molecular formula is C33H29N3O5S. The average Bonchev–Trinajstić information content (AvgIpc) is 3.23. The Morgan fingerprint density at radius 2 is 1.50 bits per heavy atom. The lowest BCUT2D eigenvalue weighted by Crippen LogP contribution is -2.32. The molecule has 0 aliphatic carbocycles. The summed E-state index contributed by atoms with van der Waals surface area (Å²) in [6.07, 6.45) is 0. The van der Waals surface area contributed by atoms with Gasteiger partial charge in [-0.1, -0.05) is 36.0 Å². The second-order valence-corrected chi connectivity index (χ2v) is 10.6. The highest BCUT2D eigenvalue weighted by Gasteiger charge is 2.40. The van der Waals surface area contributed by atoms with Crippen LogP contribution in [0.3, 0.4) is 0 Å². The van der Waals surface area contributed by atoms with Crippen molar-refractivity contribution in [3.63, 3.8) is 0 Å². The summed E-state index contributed by atoms with van der Waals surface area (Å²) in [6, 6.07) is 26.8. The number of ether oxygens (including phenoxy) is 2. The minimum absolute atomic E-state index is 0.207. The topological polar surface area (TPSA) is 97.0 Å². The SMILES string of the molecule is COc1ccc(C(=O)Nc2ccc(SC3=C(Nc4ccccc4)C(=O)N(c4ccc(C)c(C)c4)C3=O)cc2)c(OC)c1. The number of para-hydroxylation sites is 1. The standard InChI is InChI=1S/C33H29N3O5S/c1-20-10-13-24(18-21(20)2)36-32(38)29(34-22-8-6-5-7-9-22)30(33(36)39)42-26-15-11-23(12-16-26)35-31(37)27-17-14-25(40-3)19-28(27)41-4/h5-19,34H,1-4H3,(H,35,37). The number of thioether (sulfide) groups is 1. The van der Waals surface area contributed by atoms with E-state index in [1.54, 1.807) is 55.6 Å². The highest BCUT2D eigenvalue weighted by Crippen LogP contribution is 2.38. The Hall–Kier alpha value is -5.02. The predicted molar refractivity (Wildman–Crippen MR) is 165 cm³/mol. The molecule has 0 unspecified atom stereocenters. The van der Waals surface area contributed by atoms with Crippen LogP contribution in [0.15, 0.2) is 106 Å². The van der Waals surface area contributed by atoms with E-state index < -0.39 is 11.8 Å². The van der Waals surface area contributed by atoms with Gasteiger partial charge in [0.15, 0.2) is 0 Å². The Morgan fingerprint density at radius 1 is 0.762 bits per heavy atom. The van der Waals surface area contributed by atoms with E-state index in [9.17, 15) is 14.4 Å². The number of carbonyl (C=O) groups excluding carboxylic acids is 3. The summed E-state index contributed by atoms with van der Waals surface area (Å²) < 4.78 is 10.5. The van der Waals surface area contributed by atoms with Crippen molar-refractivity contribution in [3.8, 4) is 11.5 Å². The van der Waals surface area contributed by atoms with E-state index in [4.69, 9.17) is 9.47 Å². The number of rotatable bonds is 9. The Morgan fingerprint density at radius 3 is 2.17 bits per heavy atom. The summed E-state index contributed by atoms with van der Waals surface area (Å²) >= 11 is 1.19. The molecule has 2 N–H and O–H groups in total. The summed E-state index contributed by atoms with van der Waals surface area (Å²) in [5, 5.41) is 6.02. The number of imide groups is 1. The van der Waals surface area contributed by atoms with Crippen molar-refractivity contribution in [1.82, 2.24) is 0 Å². The minimum Gasteiger partial charge on any atom is -0.497 e. The molecule has 0 spiro atoms. The zero-order valence-corrected chi connectivity index (χ0v) is 24.4. The molecule has 0 radical (unpaired) electrons. The zero-order chi connectivity index (χ0) is 29.8. The first-order chi connectivity index (χ1) is 20.3. The van der Waals surface area contributed by atoms with Crippen LogP contribution >= 0.6 is 11.8 Å². The molecule has 212 valence electrons. The molecule has 0 bridgehead atoms. The number of nitrogens with zero attached hydrogens (tertiary/aromatic N) is 1. The largest absolute Gasteiger partial charge is 0.497 e. The number of aryl methyl sites for hydroxylation is 2. The maximum absolute atomic E-state index is 13.7. The number of methoxy groups -OCH3 is 2. The number of anilines is 3. The van der Waals surface area contributed by atoms with Crippen LogP contribution < -0.4 is 25.0 Å². The highest BCUT2D eigenvalue weighted by atomic mass is 32.2. The van der Waals surface area contributed by atoms with Crippen molar-refractivity contribution in [2.45, 2.75) is 18.7 Å². The first-order valence-corrected chi connectivity index (χ1v) is 13.9. The summed E-state index contributed by atoms with van der Waals surface area (Å²) in [6.45, 7) is 3.93. The molecule has 4 aromatic carbocycles. The van der Waals surface area contributed by atoms with Crippen molar-refractivity contribution in [1.29, 1.82) is 0 Å². The van der Waals surface area contributed by atoms with Crippen LogP contribution in [-0.4, -0.2) is 31.9 Å². The molecule has 42 heavy (non-hydrogen) atoms. The quantitative estimate of drug-likeness (QED) is 0.217. The molecule has 4 aromatic rings. The van der Waals surface area contributed by atoms with Crippen LogP contribution in [0.4, 0.5) is 17.1 Å². The molecule has 3 amide bonds. The first kappa shape index (κ1) is 28.5. The minimum atomic E-state index is -0.424. The normalized spacial score (nSPS) is 12.9. The Labute approximate surface area is 248 Å². The van der Waals surface area contributed by atoms with Crippen molar-refractivity contribution < 1.29 is 23.9 Å². The number of hydrogen-bond donors (Lipinski definition) is 2. The van der Waals surface area contributed by atoms with Gasteiger partial charge in [-0.15, -0.1) is 0 Å². The predicted octanol–water partition coefficient (Wildman–Crippen LogP) is 6.56. The van der Waals surface area contributed by atoms with Gasteiger partial charge in [0.05, 0.1) is 25.5 Å². The van der Waals surface area contributed by atoms with E-state index in [0.29, 0.717) is 34.1 Å². The lowest BCUT2D eigenvalue weighted by Gasteiger charge is -2.16. The van der Waals surface area contributed by atoms with Crippen molar-refractivity contribution in [3.05, 3.63) is 118 Å². The molecule has 5 rings (SSSR count). The van der Waals surface area contributed by atoms with E-state index in [1.165, 1.54) is 23.8 Å². The average molecular weight is 580 g/mol. The van der Waals surface area contributed by atoms with Gasteiger partial charge in [-0.25, -0.2) is 4.90 Å². The summed E-state index contributed by atoms with van der Waals surface area (Å²) in [5.74, 6) is -0.200. The number of carbonyl (C=O) groups is 3. The number of hydrogen-bond acceptors (Lipinski definition) is 7.